The summed E-state index contributed by atoms with van der Waals surface area (Å²) in [6.07, 6.45) is 1.65. The van der Waals surface area contributed by atoms with Crippen LogP contribution in [0.25, 0.3) is 0 Å². The molecule has 1 rings (SSSR count). The van der Waals surface area contributed by atoms with Gasteiger partial charge in [-0.25, -0.2) is 8.42 Å². The quantitative estimate of drug-likeness (QED) is 0.809. The molecule has 0 spiro atoms. The molecule has 0 saturated heterocycles. The number of hydrogen-bond acceptors (Lipinski definition) is 4. The molecule has 6 heteroatoms. The van der Waals surface area contributed by atoms with Crippen molar-refractivity contribution < 1.29 is 13.2 Å². The molecule has 0 aliphatic rings. The largest absolute Gasteiger partial charge is 0.381 e. The fourth-order valence-electron chi connectivity index (χ4n) is 1.26. The minimum absolute atomic E-state index is 0.0478. The van der Waals surface area contributed by atoms with E-state index in [0.717, 1.165) is 4.90 Å². The summed E-state index contributed by atoms with van der Waals surface area (Å²) >= 11 is 1.61. The first kappa shape index (κ1) is 14.3. The monoisotopic (exact) mass is 275 g/mol. The standard InChI is InChI=1S/C11H17NO3S2/c1-9(15-2)8-17(13,14)12-10-4-6-11(16-3)7-5-10/h4-7,9,12H,8H2,1-3H3. The highest BCUT2D eigenvalue weighted by Gasteiger charge is 2.15. The Hall–Kier alpha value is -0.720. The van der Waals surface area contributed by atoms with Crippen LogP contribution in [0.15, 0.2) is 29.2 Å². The van der Waals surface area contributed by atoms with Crippen molar-refractivity contribution in [1.29, 1.82) is 0 Å². The number of hydrogen-bond donors (Lipinski definition) is 1. The normalized spacial score (nSPS) is 13.4. The number of anilines is 1. The van der Waals surface area contributed by atoms with Gasteiger partial charge in [0.2, 0.25) is 10.0 Å². The molecule has 0 amide bonds. The van der Waals surface area contributed by atoms with E-state index in [-0.39, 0.29) is 11.9 Å². The number of benzene rings is 1. The molecule has 0 heterocycles. The highest BCUT2D eigenvalue weighted by Crippen LogP contribution is 2.18. The van der Waals surface area contributed by atoms with Crippen molar-refractivity contribution in [3.63, 3.8) is 0 Å². The maximum atomic E-state index is 11.7. The average molecular weight is 275 g/mol. The van der Waals surface area contributed by atoms with Gasteiger partial charge in [0.15, 0.2) is 0 Å². The van der Waals surface area contributed by atoms with Crippen molar-refractivity contribution in [1.82, 2.24) is 0 Å². The Balaban J connectivity index is 2.69. The van der Waals surface area contributed by atoms with Crippen LogP contribution in [-0.2, 0) is 14.8 Å². The van der Waals surface area contributed by atoms with E-state index in [0.29, 0.717) is 5.69 Å². The van der Waals surface area contributed by atoms with Gasteiger partial charge < -0.3 is 4.74 Å². The molecule has 0 radical (unpaired) electrons. The fraction of sp³-hybridized carbons (Fsp3) is 0.455. The number of thioether (sulfide) groups is 1. The minimum Gasteiger partial charge on any atom is -0.381 e. The first-order valence-corrected chi connectivity index (χ1v) is 8.02. The van der Waals surface area contributed by atoms with Crippen molar-refractivity contribution >= 4 is 27.5 Å². The van der Waals surface area contributed by atoms with E-state index < -0.39 is 10.0 Å². The van der Waals surface area contributed by atoms with Crippen LogP contribution >= 0.6 is 11.8 Å². The van der Waals surface area contributed by atoms with E-state index in [9.17, 15) is 8.42 Å². The first-order chi connectivity index (χ1) is 7.96. The van der Waals surface area contributed by atoms with E-state index in [1.807, 2.05) is 18.4 Å². The Labute approximate surface area is 107 Å². The van der Waals surface area contributed by atoms with Crippen LogP contribution in [0.2, 0.25) is 0 Å². The van der Waals surface area contributed by atoms with Crippen LogP contribution in [0.3, 0.4) is 0 Å². The molecule has 1 N–H and O–H groups in total. The average Bonchev–Trinajstić information content (AvgIpc) is 2.28. The molecule has 0 fully saturated rings. The summed E-state index contributed by atoms with van der Waals surface area (Å²) in [5.41, 5.74) is 0.575. The molecule has 17 heavy (non-hydrogen) atoms. The van der Waals surface area contributed by atoms with Crippen LogP contribution < -0.4 is 4.72 Å². The lowest BCUT2D eigenvalue weighted by atomic mass is 10.3. The molecule has 1 atom stereocenters. The van der Waals surface area contributed by atoms with E-state index >= 15 is 0 Å². The third-order valence-electron chi connectivity index (χ3n) is 2.22. The fourth-order valence-corrected chi connectivity index (χ4v) is 3.00. The van der Waals surface area contributed by atoms with Gasteiger partial charge in [-0.1, -0.05) is 0 Å². The van der Waals surface area contributed by atoms with Crippen LogP contribution in [0.1, 0.15) is 6.92 Å². The summed E-state index contributed by atoms with van der Waals surface area (Å²) in [4.78, 5) is 1.10. The van der Waals surface area contributed by atoms with Gasteiger partial charge in [0.1, 0.15) is 0 Å². The smallest absolute Gasteiger partial charge is 0.235 e. The molecule has 4 nitrogen and oxygen atoms in total. The van der Waals surface area contributed by atoms with E-state index in [4.69, 9.17) is 4.74 Å². The Morgan fingerprint density at radius 1 is 1.35 bits per heavy atom. The summed E-state index contributed by atoms with van der Waals surface area (Å²) in [5, 5.41) is 0. The highest BCUT2D eigenvalue weighted by atomic mass is 32.2. The zero-order valence-electron chi connectivity index (χ0n) is 10.1. The van der Waals surface area contributed by atoms with Crippen LogP contribution in [0.5, 0.6) is 0 Å². The summed E-state index contributed by atoms with van der Waals surface area (Å²) in [5.74, 6) is -0.0478. The molecular weight excluding hydrogens is 258 g/mol. The van der Waals surface area contributed by atoms with Gasteiger partial charge in [0.05, 0.1) is 11.9 Å². The predicted molar refractivity (Wildman–Crippen MR) is 72.1 cm³/mol. The number of nitrogens with one attached hydrogen (secondary N) is 1. The van der Waals surface area contributed by atoms with Gasteiger partial charge in [0, 0.05) is 17.7 Å². The summed E-state index contributed by atoms with van der Waals surface area (Å²) in [6.45, 7) is 1.72. The van der Waals surface area contributed by atoms with Gasteiger partial charge in [0.25, 0.3) is 0 Å². The Morgan fingerprint density at radius 3 is 2.41 bits per heavy atom. The summed E-state index contributed by atoms with van der Waals surface area (Å²) in [7, 11) is -1.85. The molecule has 0 aliphatic carbocycles. The SMILES string of the molecule is COC(C)CS(=O)(=O)Nc1ccc(SC)cc1. The van der Waals surface area contributed by atoms with Crippen molar-refractivity contribution in [2.24, 2.45) is 0 Å². The second-order valence-electron chi connectivity index (χ2n) is 3.66. The Bertz CT molecular complexity index is 442. The molecule has 0 bridgehead atoms. The van der Waals surface area contributed by atoms with Crippen molar-refractivity contribution in [3.8, 4) is 0 Å². The third-order valence-corrected chi connectivity index (χ3v) is 4.42. The molecule has 1 aromatic carbocycles. The molecule has 0 aliphatic heterocycles. The van der Waals surface area contributed by atoms with Crippen molar-refractivity contribution in [2.45, 2.75) is 17.9 Å². The number of methoxy groups -OCH3 is 1. The van der Waals surface area contributed by atoms with Crippen molar-refractivity contribution in [3.05, 3.63) is 24.3 Å². The van der Waals surface area contributed by atoms with Gasteiger partial charge >= 0.3 is 0 Å². The second-order valence-corrected chi connectivity index (χ2v) is 6.30. The molecule has 1 aromatic rings. The molecule has 0 aromatic heterocycles. The number of ether oxygens (including phenoxy) is 1. The van der Waals surface area contributed by atoms with Gasteiger partial charge in [-0.05, 0) is 37.4 Å². The zero-order chi connectivity index (χ0) is 12.9. The molecule has 1 unspecified atom stereocenters. The summed E-state index contributed by atoms with van der Waals surface area (Å²) in [6, 6.07) is 7.26. The second kappa shape index (κ2) is 6.28. The van der Waals surface area contributed by atoms with Crippen molar-refractivity contribution in [2.75, 3.05) is 23.8 Å². The molecule has 0 saturated carbocycles. The number of sulfonamides is 1. The third kappa shape index (κ3) is 4.97. The summed E-state index contributed by atoms with van der Waals surface area (Å²) < 4.78 is 30.9. The number of rotatable bonds is 6. The maximum absolute atomic E-state index is 11.7. The van der Waals surface area contributed by atoms with Crippen LogP contribution in [0.4, 0.5) is 5.69 Å². The molecule has 96 valence electrons. The van der Waals surface area contributed by atoms with Gasteiger partial charge in [-0.3, -0.25) is 4.72 Å². The predicted octanol–water partition coefficient (Wildman–Crippen LogP) is 2.19. The zero-order valence-corrected chi connectivity index (χ0v) is 11.8. The maximum Gasteiger partial charge on any atom is 0.235 e. The van der Waals surface area contributed by atoms with Crippen LogP contribution in [0, 0.1) is 0 Å². The minimum atomic E-state index is -3.35. The lowest BCUT2D eigenvalue weighted by Gasteiger charge is -2.12. The first-order valence-electron chi connectivity index (χ1n) is 5.14. The Morgan fingerprint density at radius 2 is 1.94 bits per heavy atom. The topological polar surface area (TPSA) is 55.4 Å². The van der Waals surface area contributed by atoms with Gasteiger partial charge in [-0.2, -0.15) is 0 Å². The lowest BCUT2D eigenvalue weighted by Crippen LogP contribution is -2.25. The van der Waals surface area contributed by atoms with E-state index in [2.05, 4.69) is 4.72 Å². The van der Waals surface area contributed by atoms with E-state index in [1.165, 1.54) is 7.11 Å². The highest BCUT2D eigenvalue weighted by molar-refractivity contribution is 7.98. The van der Waals surface area contributed by atoms with Crippen LogP contribution in [-0.4, -0.2) is 33.6 Å². The van der Waals surface area contributed by atoms with E-state index in [1.54, 1.807) is 30.8 Å². The molecular formula is C11H17NO3S2. The van der Waals surface area contributed by atoms with Gasteiger partial charge in [-0.15, -0.1) is 11.8 Å². The lowest BCUT2D eigenvalue weighted by molar-refractivity contribution is 0.136. The Kier molecular flexibility index (Phi) is 5.30.